The zero-order valence-corrected chi connectivity index (χ0v) is 12.5. The largest absolute Gasteiger partial charge is 0.392 e. The zero-order valence-electron chi connectivity index (χ0n) is 12.5. The van der Waals surface area contributed by atoms with E-state index >= 15 is 0 Å². The summed E-state index contributed by atoms with van der Waals surface area (Å²) in [5, 5.41) is 9.57. The standard InChI is InChI=1S/C16H24N2O2/c1-12-6-4-5-7-14(12)10-17(3)16(20)13(2)18-9-8-15(19)11-18/h4-7,13,15,19H,8-11H2,1-3H3/t13?,15-/m0/s1. The van der Waals surface area contributed by atoms with Crippen molar-refractivity contribution in [3.8, 4) is 0 Å². The van der Waals surface area contributed by atoms with Crippen molar-refractivity contribution in [2.45, 2.75) is 39.0 Å². The van der Waals surface area contributed by atoms with E-state index in [-0.39, 0.29) is 18.1 Å². The fourth-order valence-electron chi connectivity index (χ4n) is 2.72. The SMILES string of the molecule is Cc1ccccc1CN(C)C(=O)C(C)N1CC[C@H](O)C1. The minimum atomic E-state index is -0.285. The number of hydrogen-bond acceptors (Lipinski definition) is 3. The highest BCUT2D eigenvalue weighted by Crippen LogP contribution is 2.15. The van der Waals surface area contributed by atoms with Crippen LogP contribution < -0.4 is 0 Å². The van der Waals surface area contributed by atoms with E-state index in [0.29, 0.717) is 13.1 Å². The van der Waals surface area contributed by atoms with Crippen LogP contribution in [-0.4, -0.2) is 53.1 Å². The Morgan fingerprint density at radius 3 is 2.80 bits per heavy atom. The van der Waals surface area contributed by atoms with Crippen LogP contribution in [0.1, 0.15) is 24.5 Å². The number of benzene rings is 1. The van der Waals surface area contributed by atoms with E-state index in [1.54, 1.807) is 4.90 Å². The molecule has 1 aromatic carbocycles. The van der Waals surface area contributed by atoms with E-state index in [1.807, 2.05) is 26.1 Å². The van der Waals surface area contributed by atoms with Crippen LogP contribution in [-0.2, 0) is 11.3 Å². The Morgan fingerprint density at radius 1 is 1.50 bits per heavy atom. The Labute approximate surface area is 121 Å². The molecule has 1 N–H and O–H groups in total. The third kappa shape index (κ3) is 3.38. The van der Waals surface area contributed by atoms with Gasteiger partial charge in [0.25, 0.3) is 0 Å². The summed E-state index contributed by atoms with van der Waals surface area (Å²) in [5.41, 5.74) is 2.38. The van der Waals surface area contributed by atoms with Gasteiger partial charge in [-0.05, 0) is 31.4 Å². The molecule has 1 aromatic rings. The number of likely N-dealkylation sites (N-methyl/N-ethyl adjacent to an activating group) is 1. The van der Waals surface area contributed by atoms with E-state index in [2.05, 4.69) is 24.0 Å². The Morgan fingerprint density at radius 2 is 2.20 bits per heavy atom. The number of carbonyl (C=O) groups is 1. The first-order valence-electron chi connectivity index (χ1n) is 7.20. The number of carbonyl (C=O) groups excluding carboxylic acids is 1. The number of aliphatic hydroxyl groups is 1. The number of β-amino-alcohol motifs (C(OH)–C–C–N with tert-alkyl or cyclic N) is 1. The lowest BCUT2D eigenvalue weighted by Crippen LogP contribution is -2.44. The van der Waals surface area contributed by atoms with Crippen molar-refractivity contribution >= 4 is 5.91 Å². The first-order valence-corrected chi connectivity index (χ1v) is 7.20. The van der Waals surface area contributed by atoms with Crippen molar-refractivity contribution in [3.63, 3.8) is 0 Å². The summed E-state index contributed by atoms with van der Waals surface area (Å²) in [7, 11) is 1.85. The molecule has 0 radical (unpaired) electrons. The van der Waals surface area contributed by atoms with Gasteiger partial charge in [-0.2, -0.15) is 0 Å². The molecule has 1 saturated heterocycles. The molecule has 1 amide bonds. The van der Waals surface area contributed by atoms with Gasteiger partial charge >= 0.3 is 0 Å². The summed E-state index contributed by atoms with van der Waals surface area (Å²) in [4.78, 5) is 16.3. The fraction of sp³-hybridized carbons (Fsp3) is 0.562. The minimum Gasteiger partial charge on any atom is -0.392 e. The summed E-state index contributed by atoms with van der Waals surface area (Å²) < 4.78 is 0. The number of rotatable bonds is 4. The average molecular weight is 276 g/mol. The van der Waals surface area contributed by atoms with Crippen LogP contribution in [0.25, 0.3) is 0 Å². The Bertz CT molecular complexity index is 475. The van der Waals surface area contributed by atoms with Crippen LogP contribution in [0.15, 0.2) is 24.3 Å². The average Bonchev–Trinajstić information content (AvgIpc) is 2.86. The summed E-state index contributed by atoms with van der Waals surface area (Å²) in [6.45, 7) is 6.02. The number of aliphatic hydroxyl groups excluding tert-OH is 1. The van der Waals surface area contributed by atoms with Gasteiger partial charge in [-0.1, -0.05) is 24.3 Å². The molecular weight excluding hydrogens is 252 g/mol. The normalized spacial score (nSPS) is 20.9. The van der Waals surface area contributed by atoms with Gasteiger partial charge in [0.05, 0.1) is 12.1 Å². The van der Waals surface area contributed by atoms with Crippen LogP contribution in [0, 0.1) is 6.92 Å². The van der Waals surface area contributed by atoms with Crippen molar-refractivity contribution < 1.29 is 9.90 Å². The van der Waals surface area contributed by atoms with E-state index in [4.69, 9.17) is 0 Å². The summed E-state index contributed by atoms with van der Waals surface area (Å²) in [6.07, 6.45) is 0.478. The third-order valence-electron chi connectivity index (χ3n) is 4.14. The number of hydrogen-bond donors (Lipinski definition) is 1. The molecule has 0 aliphatic carbocycles. The van der Waals surface area contributed by atoms with Crippen LogP contribution in [0.2, 0.25) is 0 Å². The molecule has 110 valence electrons. The van der Waals surface area contributed by atoms with Crippen molar-refractivity contribution in [2.24, 2.45) is 0 Å². The van der Waals surface area contributed by atoms with E-state index < -0.39 is 0 Å². The smallest absolute Gasteiger partial charge is 0.239 e. The molecule has 2 rings (SSSR count). The van der Waals surface area contributed by atoms with Gasteiger partial charge in [-0.25, -0.2) is 0 Å². The Kier molecular flexibility index (Phi) is 4.78. The van der Waals surface area contributed by atoms with Gasteiger partial charge in [-0.3, -0.25) is 9.69 Å². The molecule has 1 aliphatic rings. The van der Waals surface area contributed by atoms with Crippen LogP contribution in [0.3, 0.4) is 0 Å². The quantitative estimate of drug-likeness (QED) is 0.904. The van der Waals surface area contributed by atoms with Crippen molar-refractivity contribution in [1.82, 2.24) is 9.80 Å². The second-order valence-corrected chi connectivity index (χ2v) is 5.73. The highest BCUT2D eigenvalue weighted by Gasteiger charge is 2.30. The molecular formula is C16H24N2O2. The maximum absolute atomic E-state index is 12.5. The lowest BCUT2D eigenvalue weighted by molar-refractivity contribution is -0.135. The highest BCUT2D eigenvalue weighted by molar-refractivity contribution is 5.81. The van der Waals surface area contributed by atoms with Crippen molar-refractivity contribution in [3.05, 3.63) is 35.4 Å². The van der Waals surface area contributed by atoms with Crippen molar-refractivity contribution in [1.29, 1.82) is 0 Å². The Balaban J connectivity index is 1.96. The number of nitrogens with zero attached hydrogens (tertiary/aromatic N) is 2. The predicted octanol–water partition coefficient (Wildman–Crippen LogP) is 1.41. The lowest BCUT2D eigenvalue weighted by Gasteiger charge is -2.28. The van der Waals surface area contributed by atoms with Crippen molar-refractivity contribution in [2.75, 3.05) is 20.1 Å². The molecule has 4 nitrogen and oxygen atoms in total. The summed E-state index contributed by atoms with van der Waals surface area (Å²) in [5.74, 6) is 0.113. The van der Waals surface area contributed by atoms with Gasteiger partial charge in [0.15, 0.2) is 0 Å². The zero-order chi connectivity index (χ0) is 14.7. The van der Waals surface area contributed by atoms with E-state index in [1.165, 1.54) is 11.1 Å². The molecule has 0 saturated carbocycles. The molecule has 1 heterocycles. The van der Waals surface area contributed by atoms with Gasteiger partial charge in [0, 0.05) is 26.7 Å². The molecule has 0 spiro atoms. The highest BCUT2D eigenvalue weighted by atomic mass is 16.3. The third-order valence-corrected chi connectivity index (χ3v) is 4.14. The second-order valence-electron chi connectivity index (χ2n) is 5.73. The molecule has 1 unspecified atom stereocenters. The molecule has 0 bridgehead atoms. The first kappa shape index (κ1) is 15.0. The molecule has 1 aliphatic heterocycles. The number of aryl methyl sites for hydroxylation is 1. The van der Waals surface area contributed by atoms with Gasteiger partial charge < -0.3 is 10.0 Å². The van der Waals surface area contributed by atoms with Gasteiger partial charge in [0.1, 0.15) is 0 Å². The number of likely N-dealkylation sites (tertiary alicyclic amines) is 1. The summed E-state index contributed by atoms with van der Waals surface area (Å²) in [6, 6.07) is 7.97. The van der Waals surface area contributed by atoms with Gasteiger partial charge in [-0.15, -0.1) is 0 Å². The van der Waals surface area contributed by atoms with Crippen LogP contribution in [0.4, 0.5) is 0 Å². The lowest BCUT2D eigenvalue weighted by atomic mass is 10.1. The topological polar surface area (TPSA) is 43.8 Å². The first-order chi connectivity index (χ1) is 9.49. The molecule has 1 fully saturated rings. The van der Waals surface area contributed by atoms with Crippen LogP contribution >= 0.6 is 0 Å². The van der Waals surface area contributed by atoms with Crippen LogP contribution in [0.5, 0.6) is 0 Å². The van der Waals surface area contributed by atoms with E-state index in [9.17, 15) is 9.90 Å². The molecule has 20 heavy (non-hydrogen) atoms. The fourth-order valence-corrected chi connectivity index (χ4v) is 2.72. The number of amides is 1. The monoisotopic (exact) mass is 276 g/mol. The second kappa shape index (κ2) is 6.37. The van der Waals surface area contributed by atoms with E-state index in [0.717, 1.165) is 13.0 Å². The summed E-state index contributed by atoms with van der Waals surface area (Å²) >= 11 is 0. The molecule has 4 heteroatoms. The minimum absolute atomic E-state index is 0.113. The predicted molar refractivity (Wildman–Crippen MR) is 79.3 cm³/mol. The molecule has 2 atom stereocenters. The maximum atomic E-state index is 12.5. The maximum Gasteiger partial charge on any atom is 0.239 e. The molecule has 0 aromatic heterocycles. The Hall–Kier alpha value is -1.39. The van der Waals surface area contributed by atoms with Gasteiger partial charge in [0.2, 0.25) is 5.91 Å².